The van der Waals surface area contributed by atoms with E-state index in [0.29, 0.717) is 55.3 Å². The summed E-state index contributed by atoms with van der Waals surface area (Å²) in [6.07, 6.45) is 1.47. The molecule has 180 valence electrons. The zero-order valence-electron chi connectivity index (χ0n) is 19.1. The number of esters is 1. The Morgan fingerprint density at radius 1 is 1.21 bits per heavy atom. The van der Waals surface area contributed by atoms with E-state index < -0.39 is 23.9 Å². The number of piperazine rings is 1. The molecule has 1 unspecified atom stereocenters. The molecule has 2 N–H and O–H groups in total. The predicted octanol–water partition coefficient (Wildman–Crippen LogP) is 2.36. The Balaban J connectivity index is 1.48. The monoisotopic (exact) mass is 470 g/mol. The number of ether oxygens (including phenoxy) is 1. The van der Waals surface area contributed by atoms with Crippen LogP contribution >= 0.6 is 0 Å². The molecule has 1 atom stereocenters. The number of carbonyl (C=O) groups is 3. The predicted molar refractivity (Wildman–Crippen MR) is 120 cm³/mol. The summed E-state index contributed by atoms with van der Waals surface area (Å²) in [5.41, 5.74) is 1.52. The molecule has 0 aliphatic carbocycles. The Hall–Kier alpha value is -3.66. The van der Waals surface area contributed by atoms with Crippen molar-refractivity contribution in [2.75, 3.05) is 39.3 Å². The first-order valence-electron chi connectivity index (χ1n) is 11.2. The highest BCUT2D eigenvalue weighted by molar-refractivity contribution is 5.95. The number of amides is 3. The molecule has 1 aromatic carbocycles. The van der Waals surface area contributed by atoms with Crippen LogP contribution in [-0.4, -0.2) is 67.0 Å². The molecule has 3 heterocycles. The normalized spacial score (nSPS) is 19.0. The topological polar surface area (TPSA) is 104 Å². The third-order valence-corrected chi connectivity index (χ3v) is 5.94. The molecule has 3 amide bonds. The number of nitrogens with one attached hydrogen (secondary N) is 2. The minimum Gasteiger partial charge on any atom is -0.467 e. The smallest absolute Gasteiger partial charge is 0.338 e. The third-order valence-electron chi connectivity index (χ3n) is 5.94. The van der Waals surface area contributed by atoms with Crippen molar-refractivity contribution in [3.63, 3.8) is 0 Å². The molecule has 34 heavy (non-hydrogen) atoms. The number of hydrogen-bond acceptors (Lipinski definition) is 6. The highest BCUT2D eigenvalue weighted by atomic mass is 19.1. The molecular formula is C24H27FN4O5. The Morgan fingerprint density at radius 2 is 1.97 bits per heavy atom. The van der Waals surface area contributed by atoms with Gasteiger partial charge in [-0.1, -0.05) is 6.07 Å². The van der Waals surface area contributed by atoms with Crippen molar-refractivity contribution in [3.05, 3.63) is 70.6 Å². The van der Waals surface area contributed by atoms with Crippen molar-refractivity contribution in [1.29, 1.82) is 0 Å². The Kier molecular flexibility index (Phi) is 6.97. The van der Waals surface area contributed by atoms with Crippen LogP contribution in [0.1, 0.15) is 34.6 Å². The van der Waals surface area contributed by atoms with Gasteiger partial charge >= 0.3 is 12.0 Å². The summed E-state index contributed by atoms with van der Waals surface area (Å²) in [4.78, 5) is 41.6. The number of hydrogen-bond donors (Lipinski definition) is 2. The summed E-state index contributed by atoms with van der Waals surface area (Å²) in [7, 11) is 0. The lowest BCUT2D eigenvalue weighted by molar-refractivity contribution is -0.139. The van der Waals surface area contributed by atoms with E-state index >= 15 is 0 Å². The van der Waals surface area contributed by atoms with Crippen LogP contribution < -0.4 is 10.6 Å². The van der Waals surface area contributed by atoms with E-state index in [9.17, 15) is 18.8 Å². The summed E-state index contributed by atoms with van der Waals surface area (Å²) < 4.78 is 24.6. The second kappa shape index (κ2) is 10.1. The van der Waals surface area contributed by atoms with Gasteiger partial charge in [-0.25, -0.2) is 14.0 Å². The van der Waals surface area contributed by atoms with Crippen molar-refractivity contribution in [2.24, 2.45) is 0 Å². The molecule has 1 aromatic heterocycles. The van der Waals surface area contributed by atoms with Crippen LogP contribution in [0.5, 0.6) is 0 Å². The van der Waals surface area contributed by atoms with Crippen molar-refractivity contribution in [1.82, 2.24) is 20.4 Å². The number of aryl methyl sites for hydroxylation is 1. The fourth-order valence-corrected chi connectivity index (χ4v) is 4.10. The summed E-state index contributed by atoms with van der Waals surface area (Å²) in [5.74, 6) is -0.744. The van der Waals surface area contributed by atoms with Crippen LogP contribution in [0.25, 0.3) is 0 Å². The van der Waals surface area contributed by atoms with Gasteiger partial charge in [-0.3, -0.25) is 9.69 Å². The van der Waals surface area contributed by atoms with Gasteiger partial charge < -0.3 is 24.7 Å². The minimum atomic E-state index is -0.767. The summed E-state index contributed by atoms with van der Waals surface area (Å²) in [6, 6.07) is 6.64. The molecular weight excluding hydrogens is 443 g/mol. The molecule has 2 aliphatic rings. The van der Waals surface area contributed by atoms with Crippen LogP contribution in [0.4, 0.5) is 9.18 Å². The Labute approximate surface area is 196 Å². The van der Waals surface area contributed by atoms with Gasteiger partial charge in [-0.05, 0) is 43.7 Å². The number of nitrogens with zero attached hydrogens (tertiary/aromatic N) is 2. The number of benzene rings is 1. The highest BCUT2D eigenvalue weighted by Gasteiger charge is 2.36. The van der Waals surface area contributed by atoms with E-state index in [0.717, 1.165) is 0 Å². The SMILES string of the molecule is CCOC(=O)C1=C(CN2CCN(C(=O)c3ccc(C)c(F)c3)CC2)NC(=O)NC1c1ccco1. The molecule has 0 saturated carbocycles. The molecule has 1 fully saturated rings. The zero-order valence-corrected chi connectivity index (χ0v) is 19.1. The Morgan fingerprint density at radius 3 is 2.62 bits per heavy atom. The van der Waals surface area contributed by atoms with Gasteiger partial charge in [0.05, 0.1) is 18.4 Å². The van der Waals surface area contributed by atoms with Crippen molar-refractivity contribution < 1.29 is 27.9 Å². The average Bonchev–Trinajstić information content (AvgIpc) is 3.35. The molecule has 0 spiro atoms. The lowest BCUT2D eigenvalue weighted by atomic mass is 9.99. The fraction of sp³-hybridized carbons (Fsp3) is 0.375. The van der Waals surface area contributed by atoms with Crippen LogP contribution in [0.3, 0.4) is 0 Å². The van der Waals surface area contributed by atoms with E-state index in [1.165, 1.54) is 12.3 Å². The van der Waals surface area contributed by atoms with E-state index in [2.05, 4.69) is 10.6 Å². The molecule has 0 radical (unpaired) electrons. The molecule has 1 saturated heterocycles. The van der Waals surface area contributed by atoms with E-state index in [1.54, 1.807) is 43.0 Å². The molecule has 2 aliphatic heterocycles. The van der Waals surface area contributed by atoms with Gasteiger partial charge in [0.1, 0.15) is 17.6 Å². The highest BCUT2D eigenvalue weighted by Crippen LogP contribution is 2.28. The molecule has 4 rings (SSSR count). The molecule has 0 bridgehead atoms. The van der Waals surface area contributed by atoms with Crippen molar-refractivity contribution in [2.45, 2.75) is 19.9 Å². The van der Waals surface area contributed by atoms with E-state index in [-0.39, 0.29) is 18.1 Å². The van der Waals surface area contributed by atoms with E-state index in [1.807, 2.05) is 4.90 Å². The third kappa shape index (κ3) is 4.96. The maximum absolute atomic E-state index is 13.9. The number of rotatable bonds is 6. The molecule has 9 nitrogen and oxygen atoms in total. The van der Waals surface area contributed by atoms with Gasteiger partial charge in [0.2, 0.25) is 0 Å². The lowest BCUT2D eigenvalue weighted by Gasteiger charge is -2.36. The van der Waals surface area contributed by atoms with Crippen molar-refractivity contribution >= 4 is 17.9 Å². The second-order valence-electron chi connectivity index (χ2n) is 8.19. The summed E-state index contributed by atoms with van der Waals surface area (Å²) in [5, 5.41) is 5.46. The minimum absolute atomic E-state index is 0.189. The van der Waals surface area contributed by atoms with Crippen LogP contribution in [0.15, 0.2) is 52.3 Å². The largest absolute Gasteiger partial charge is 0.467 e. The summed E-state index contributed by atoms with van der Waals surface area (Å²) in [6.45, 7) is 5.76. The van der Waals surface area contributed by atoms with Gasteiger partial charge in [0.15, 0.2) is 0 Å². The zero-order chi connectivity index (χ0) is 24.2. The first-order valence-corrected chi connectivity index (χ1v) is 11.2. The number of urea groups is 1. The number of furan rings is 1. The maximum Gasteiger partial charge on any atom is 0.338 e. The van der Waals surface area contributed by atoms with E-state index in [4.69, 9.17) is 9.15 Å². The van der Waals surface area contributed by atoms with Gasteiger partial charge in [0.25, 0.3) is 5.91 Å². The molecule has 2 aromatic rings. The second-order valence-corrected chi connectivity index (χ2v) is 8.19. The average molecular weight is 471 g/mol. The molecule has 10 heteroatoms. The van der Waals surface area contributed by atoms with Gasteiger partial charge in [-0.2, -0.15) is 0 Å². The summed E-state index contributed by atoms with van der Waals surface area (Å²) >= 11 is 0. The van der Waals surface area contributed by atoms with Gasteiger partial charge in [0, 0.05) is 44.0 Å². The van der Waals surface area contributed by atoms with Crippen LogP contribution in [0.2, 0.25) is 0 Å². The lowest BCUT2D eigenvalue weighted by Crippen LogP contribution is -2.52. The van der Waals surface area contributed by atoms with Crippen LogP contribution in [0, 0.1) is 12.7 Å². The Bertz CT molecular complexity index is 1110. The first kappa shape index (κ1) is 23.5. The quantitative estimate of drug-likeness (QED) is 0.629. The fourth-order valence-electron chi connectivity index (χ4n) is 4.10. The maximum atomic E-state index is 13.9. The van der Waals surface area contributed by atoms with Gasteiger partial charge in [-0.15, -0.1) is 0 Å². The van der Waals surface area contributed by atoms with Crippen LogP contribution in [-0.2, 0) is 9.53 Å². The number of halogens is 1. The number of carbonyl (C=O) groups excluding carboxylic acids is 3. The van der Waals surface area contributed by atoms with Crippen molar-refractivity contribution in [3.8, 4) is 0 Å². The standard InChI is InChI=1S/C24H27FN4O5/c1-3-33-23(31)20-18(26-24(32)27-21(20)19-5-4-12-34-19)14-28-8-10-29(11-9-28)22(30)16-7-6-15(2)17(25)13-16/h4-7,12-13,21H,3,8-11,14H2,1-2H3,(H2,26,27,32). The first-order chi connectivity index (χ1) is 16.4.